The number of aryl methyl sites for hydroxylation is 2. The Labute approximate surface area is 255 Å². The summed E-state index contributed by atoms with van der Waals surface area (Å²) in [4.78, 5) is 24.0. The van der Waals surface area contributed by atoms with E-state index in [0.717, 1.165) is 28.1 Å². The highest BCUT2D eigenvalue weighted by molar-refractivity contribution is 6.34. The number of carbonyl (C=O) groups is 1. The summed E-state index contributed by atoms with van der Waals surface area (Å²) in [7, 11) is 3.65. The van der Waals surface area contributed by atoms with Gasteiger partial charge in [-0.05, 0) is 56.5 Å². The Morgan fingerprint density at radius 3 is 2.63 bits per heavy atom. The van der Waals surface area contributed by atoms with Crippen LogP contribution in [-0.4, -0.2) is 65.4 Å². The first-order chi connectivity index (χ1) is 20.5. The number of hydrogen-bond acceptors (Lipinski definition) is 7. The van der Waals surface area contributed by atoms with Crippen LogP contribution in [0.1, 0.15) is 47.6 Å². The number of hydrogen-bond donors (Lipinski definition) is 3. The average Bonchev–Trinajstić information content (AvgIpc) is 3.56. The molecule has 0 aliphatic carbocycles. The van der Waals surface area contributed by atoms with E-state index in [2.05, 4.69) is 16.4 Å². The minimum absolute atomic E-state index is 0.00584. The van der Waals surface area contributed by atoms with E-state index >= 15 is 0 Å². The Kier molecular flexibility index (Phi) is 8.55. The van der Waals surface area contributed by atoms with Gasteiger partial charge in [0.15, 0.2) is 5.65 Å². The monoisotopic (exact) mass is 601 g/mol. The van der Waals surface area contributed by atoms with Gasteiger partial charge in [-0.2, -0.15) is 9.61 Å². The largest absolute Gasteiger partial charge is 0.396 e. The number of halogens is 1. The molecule has 0 unspecified atom stereocenters. The predicted octanol–water partition coefficient (Wildman–Crippen LogP) is 5.05. The van der Waals surface area contributed by atoms with E-state index in [0.29, 0.717) is 52.9 Å². The molecule has 0 spiro atoms. The van der Waals surface area contributed by atoms with Gasteiger partial charge in [0.1, 0.15) is 17.2 Å². The SMILES string of the molecule is Cc1nn2c(NCc3cccc(-c4nccn4C)c3)cc(C(C)(C)O)nc2c1-c1ccc(Cl)c(C(=O)N(C)CCCO)c1. The molecule has 43 heavy (non-hydrogen) atoms. The molecule has 0 bridgehead atoms. The third kappa shape index (κ3) is 6.27. The Hall–Kier alpha value is -4.25. The van der Waals surface area contributed by atoms with E-state index < -0.39 is 5.60 Å². The molecule has 0 atom stereocenters. The van der Waals surface area contributed by atoms with Crippen molar-refractivity contribution in [2.75, 3.05) is 25.5 Å². The van der Waals surface area contributed by atoms with Crippen LogP contribution in [0.4, 0.5) is 5.82 Å². The minimum Gasteiger partial charge on any atom is -0.396 e. The molecule has 11 heteroatoms. The molecular formula is C32H36ClN7O3. The molecule has 5 rings (SSSR count). The number of carbonyl (C=O) groups excluding carboxylic acids is 1. The fourth-order valence-electron chi connectivity index (χ4n) is 5.02. The molecule has 0 aliphatic rings. The minimum atomic E-state index is -1.22. The van der Waals surface area contributed by atoms with E-state index in [9.17, 15) is 15.0 Å². The lowest BCUT2D eigenvalue weighted by molar-refractivity contribution is 0.0740. The van der Waals surface area contributed by atoms with Crippen LogP contribution in [0.5, 0.6) is 0 Å². The molecular weight excluding hydrogens is 566 g/mol. The highest BCUT2D eigenvalue weighted by Gasteiger charge is 2.25. The van der Waals surface area contributed by atoms with Gasteiger partial charge >= 0.3 is 0 Å². The van der Waals surface area contributed by atoms with Crippen molar-refractivity contribution >= 4 is 29.0 Å². The fourth-order valence-corrected chi connectivity index (χ4v) is 5.22. The Morgan fingerprint density at radius 1 is 1.14 bits per heavy atom. The van der Waals surface area contributed by atoms with Crippen LogP contribution in [0.25, 0.3) is 28.2 Å². The second kappa shape index (κ2) is 12.2. The summed E-state index contributed by atoms with van der Waals surface area (Å²) in [6.45, 7) is 6.16. The van der Waals surface area contributed by atoms with Crippen LogP contribution in [0.15, 0.2) is 60.9 Å². The molecule has 1 amide bonds. The maximum absolute atomic E-state index is 13.2. The molecule has 10 nitrogen and oxygen atoms in total. The van der Waals surface area contributed by atoms with Gasteiger partial charge in [-0.1, -0.05) is 35.9 Å². The first-order valence-corrected chi connectivity index (χ1v) is 14.5. The zero-order valence-corrected chi connectivity index (χ0v) is 25.7. The molecule has 3 N–H and O–H groups in total. The lowest BCUT2D eigenvalue weighted by atomic mass is 10.0. The first-order valence-electron chi connectivity index (χ1n) is 14.1. The summed E-state index contributed by atoms with van der Waals surface area (Å²) in [5.74, 6) is 1.30. The van der Waals surface area contributed by atoms with Crippen LogP contribution < -0.4 is 5.32 Å². The van der Waals surface area contributed by atoms with Crippen LogP contribution in [0.3, 0.4) is 0 Å². The summed E-state index contributed by atoms with van der Waals surface area (Å²) in [5, 5.41) is 28.8. The molecule has 0 fully saturated rings. The maximum atomic E-state index is 13.2. The Morgan fingerprint density at radius 2 is 1.93 bits per heavy atom. The summed E-state index contributed by atoms with van der Waals surface area (Å²) >= 11 is 6.47. The molecule has 0 saturated carbocycles. The highest BCUT2D eigenvalue weighted by atomic mass is 35.5. The second-order valence-corrected chi connectivity index (χ2v) is 11.6. The van der Waals surface area contributed by atoms with Crippen molar-refractivity contribution in [1.82, 2.24) is 29.0 Å². The van der Waals surface area contributed by atoms with E-state index in [1.165, 1.54) is 0 Å². The third-order valence-electron chi connectivity index (χ3n) is 7.35. The number of fused-ring (bicyclic) bond motifs is 1. The number of rotatable bonds is 10. The number of aromatic nitrogens is 5. The van der Waals surface area contributed by atoms with E-state index in [1.54, 1.807) is 54.7 Å². The predicted molar refractivity (Wildman–Crippen MR) is 168 cm³/mol. The number of benzene rings is 2. The number of anilines is 1. The van der Waals surface area contributed by atoms with Crippen LogP contribution in [0.2, 0.25) is 5.02 Å². The third-order valence-corrected chi connectivity index (χ3v) is 7.68. The van der Waals surface area contributed by atoms with E-state index in [4.69, 9.17) is 21.7 Å². The molecule has 0 saturated heterocycles. The van der Waals surface area contributed by atoms with Crippen LogP contribution in [-0.2, 0) is 19.2 Å². The van der Waals surface area contributed by atoms with E-state index in [-0.39, 0.29) is 12.5 Å². The number of nitrogens with one attached hydrogen (secondary N) is 1. The maximum Gasteiger partial charge on any atom is 0.255 e. The first kappa shape index (κ1) is 30.2. The summed E-state index contributed by atoms with van der Waals surface area (Å²) in [6.07, 6.45) is 4.16. The van der Waals surface area contributed by atoms with Gasteiger partial charge in [0.25, 0.3) is 5.91 Å². The van der Waals surface area contributed by atoms with Gasteiger partial charge in [0.05, 0.1) is 22.0 Å². The van der Waals surface area contributed by atoms with Gasteiger partial charge in [-0.25, -0.2) is 9.97 Å². The van der Waals surface area contributed by atoms with E-state index in [1.807, 2.05) is 49.0 Å². The highest BCUT2D eigenvalue weighted by Crippen LogP contribution is 2.34. The summed E-state index contributed by atoms with van der Waals surface area (Å²) in [6, 6.07) is 15.2. The number of aliphatic hydroxyl groups is 2. The molecule has 2 aromatic carbocycles. The van der Waals surface area contributed by atoms with Crippen molar-refractivity contribution in [1.29, 1.82) is 0 Å². The quantitative estimate of drug-likeness (QED) is 0.205. The topological polar surface area (TPSA) is 121 Å². The van der Waals surface area contributed by atoms with Crippen molar-refractivity contribution in [3.63, 3.8) is 0 Å². The molecule has 3 heterocycles. The normalized spacial score (nSPS) is 11.7. The zero-order valence-electron chi connectivity index (χ0n) is 25.0. The smallest absolute Gasteiger partial charge is 0.255 e. The van der Waals surface area contributed by atoms with Gasteiger partial charge in [-0.3, -0.25) is 4.79 Å². The average molecular weight is 602 g/mol. The van der Waals surface area contributed by atoms with Crippen molar-refractivity contribution in [3.8, 4) is 22.5 Å². The number of amides is 1. The lowest BCUT2D eigenvalue weighted by Crippen LogP contribution is -2.28. The molecule has 0 aliphatic heterocycles. The van der Waals surface area contributed by atoms with Gasteiger partial charge in [0, 0.05) is 63.4 Å². The number of aliphatic hydroxyl groups excluding tert-OH is 1. The van der Waals surface area contributed by atoms with Gasteiger partial charge in [0.2, 0.25) is 0 Å². The van der Waals surface area contributed by atoms with Crippen LogP contribution >= 0.6 is 11.6 Å². The Balaban J connectivity index is 1.55. The zero-order chi connectivity index (χ0) is 30.9. The fraction of sp³-hybridized carbons (Fsp3) is 0.312. The van der Waals surface area contributed by atoms with Crippen molar-refractivity contribution < 1.29 is 15.0 Å². The Bertz CT molecular complexity index is 1790. The van der Waals surface area contributed by atoms with Gasteiger partial charge in [-0.15, -0.1) is 0 Å². The number of imidazole rings is 1. The number of nitrogens with zero attached hydrogens (tertiary/aromatic N) is 6. The summed E-state index contributed by atoms with van der Waals surface area (Å²) < 4.78 is 3.71. The summed E-state index contributed by atoms with van der Waals surface area (Å²) in [5.41, 5.74) is 4.36. The van der Waals surface area contributed by atoms with Crippen LogP contribution in [0, 0.1) is 6.92 Å². The lowest BCUT2D eigenvalue weighted by Gasteiger charge is -2.19. The van der Waals surface area contributed by atoms with Gasteiger partial charge < -0.3 is 25.0 Å². The molecule has 3 aromatic heterocycles. The molecule has 5 aromatic rings. The second-order valence-electron chi connectivity index (χ2n) is 11.2. The molecule has 0 radical (unpaired) electrons. The molecule has 224 valence electrons. The van der Waals surface area contributed by atoms with Crippen molar-refractivity contribution in [3.05, 3.63) is 88.5 Å². The van der Waals surface area contributed by atoms with Crippen molar-refractivity contribution in [2.24, 2.45) is 7.05 Å². The standard InChI is InChI=1S/C32H36ClN7O3/c1-20-28(22-10-11-25(33)24(17-22)31(42)39(5)13-7-15-41)30-36-26(32(2,3)43)18-27(40(30)37-20)35-19-21-8-6-9-23(16-21)29-34-12-14-38(29)4/h6,8-12,14,16-18,35,41,43H,7,13,15,19H2,1-5H3. The van der Waals surface area contributed by atoms with Crippen molar-refractivity contribution in [2.45, 2.75) is 39.3 Å².